The first-order valence-corrected chi connectivity index (χ1v) is 6.76. The first kappa shape index (κ1) is 15.2. The third-order valence-electron chi connectivity index (χ3n) is 3.43. The molecule has 7 heteroatoms. The number of nitro groups is 1. The summed E-state index contributed by atoms with van der Waals surface area (Å²) >= 11 is 0. The van der Waals surface area contributed by atoms with Gasteiger partial charge in [-0.2, -0.15) is 0 Å². The smallest absolute Gasteiger partial charge is 0.293 e. The van der Waals surface area contributed by atoms with Crippen LogP contribution in [0.5, 0.6) is 0 Å². The molecule has 0 aromatic heterocycles. The van der Waals surface area contributed by atoms with Crippen LogP contribution in [0.15, 0.2) is 18.2 Å². The Labute approximate surface area is 123 Å². The molecule has 0 saturated carbocycles. The summed E-state index contributed by atoms with van der Waals surface area (Å²) in [7, 11) is 3.46. The topological polar surface area (TPSA) is 75.9 Å². The summed E-state index contributed by atoms with van der Waals surface area (Å²) in [5.74, 6) is -0.196. The summed E-state index contributed by atoms with van der Waals surface area (Å²) in [4.78, 5) is 26.5. The van der Waals surface area contributed by atoms with Crippen molar-refractivity contribution in [2.24, 2.45) is 0 Å². The number of ether oxygens (including phenoxy) is 1. The number of nitro benzene ring substituents is 1. The Balaban J connectivity index is 2.29. The van der Waals surface area contributed by atoms with Crippen LogP contribution in [0, 0.1) is 10.1 Å². The Morgan fingerprint density at radius 2 is 2.19 bits per heavy atom. The summed E-state index contributed by atoms with van der Waals surface area (Å²) in [6.07, 6.45) is -0.0151. The third-order valence-corrected chi connectivity index (χ3v) is 3.43. The van der Waals surface area contributed by atoms with Crippen LogP contribution in [0.1, 0.15) is 17.3 Å². The van der Waals surface area contributed by atoms with Gasteiger partial charge in [-0.25, -0.2) is 0 Å². The fourth-order valence-corrected chi connectivity index (χ4v) is 2.37. The predicted octanol–water partition coefficient (Wildman–Crippen LogP) is 1.52. The molecule has 1 aromatic carbocycles. The van der Waals surface area contributed by atoms with Crippen LogP contribution in [0.25, 0.3) is 0 Å². The second-order valence-electron chi connectivity index (χ2n) is 5.29. The van der Waals surface area contributed by atoms with Gasteiger partial charge < -0.3 is 14.5 Å². The maximum atomic E-state index is 12.4. The van der Waals surface area contributed by atoms with Gasteiger partial charge in [0, 0.05) is 38.8 Å². The minimum Gasteiger partial charge on any atom is -0.375 e. The fourth-order valence-electron chi connectivity index (χ4n) is 2.37. The van der Waals surface area contributed by atoms with E-state index in [-0.39, 0.29) is 17.7 Å². The average molecular weight is 293 g/mol. The first-order chi connectivity index (χ1) is 9.90. The Morgan fingerprint density at radius 1 is 1.48 bits per heavy atom. The van der Waals surface area contributed by atoms with Crippen molar-refractivity contribution in [2.75, 3.05) is 38.7 Å². The molecular weight excluding hydrogens is 274 g/mol. The SMILES string of the molecule is C[C@H]1CN(C(=O)c2ccc(N(C)C)c([N+](=O)[O-])c2)CCO1. The number of morpholine rings is 1. The number of amides is 1. The van der Waals surface area contributed by atoms with Gasteiger partial charge >= 0.3 is 0 Å². The highest BCUT2D eigenvalue weighted by molar-refractivity contribution is 5.95. The van der Waals surface area contributed by atoms with Gasteiger partial charge in [0.2, 0.25) is 0 Å². The molecule has 1 atom stereocenters. The summed E-state index contributed by atoms with van der Waals surface area (Å²) in [5.41, 5.74) is 0.750. The molecule has 1 fully saturated rings. The van der Waals surface area contributed by atoms with Crippen molar-refractivity contribution < 1.29 is 14.5 Å². The van der Waals surface area contributed by atoms with Gasteiger partial charge in [-0.3, -0.25) is 14.9 Å². The van der Waals surface area contributed by atoms with E-state index in [2.05, 4.69) is 0 Å². The molecule has 0 aliphatic carbocycles. The monoisotopic (exact) mass is 293 g/mol. The van der Waals surface area contributed by atoms with Crippen molar-refractivity contribution in [3.63, 3.8) is 0 Å². The number of hydrogen-bond donors (Lipinski definition) is 0. The lowest BCUT2D eigenvalue weighted by atomic mass is 10.1. The number of benzene rings is 1. The molecule has 0 N–H and O–H groups in total. The number of hydrogen-bond acceptors (Lipinski definition) is 5. The zero-order valence-corrected chi connectivity index (χ0v) is 12.4. The Kier molecular flexibility index (Phi) is 4.42. The third kappa shape index (κ3) is 3.30. The van der Waals surface area contributed by atoms with Crippen LogP contribution in [0.2, 0.25) is 0 Å². The Hall–Kier alpha value is -2.15. The first-order valence-electron chi connectivity index (χ1n) is 6.76. The normalized spacial score (nSPS) is 18.4. The van der Waals surface area contributed by atoms with Crippen LogP contribution >= 0.6 is 0 Å². The van der Waals surface area contributed by atoms with Crippen molar-refractivity contribution in [3.8, 4) is 0 Å². The lowest BCUT2D eigenvalue weighted by molar-refractivity contribution is -0.384. The Bertz CT molecular complexity index is 559. The molecule has 0 radical (unpaired) electrons. The molecule has 1 saturated heterocycles. The molecular formula is C14H19N3O4. The highest BCUT2D eigenvalue weighted by atomic mass is 16.6. The Morgan fingerprint density at radius 3 is 2.76 bits per heavy atom. The largest absolute Gasteiger partial charge is 0.375 e. The van der Waals surface area contributed by atoms with Crippen LogP contribution in [-0.2, 0) is 4.74 Å². The highest BCUT2D eigenvalue weighted by Gasteiger charge is 2.25. The van der Waals surface area contributed by atoms with Gasteiger partial charge in [-0.15, -0.1) is 0 Å². The van der Waals surface area contributed by atoms with Gasteiger partial charge in [0.15, 0.2) is 0 Å². The van der Waals surface area contributed by atoms with Gasteiger partial charge in [0.1, 0.15) is 5.69 Å². The quantitative estimate of drug-likeness (QED) is 0.624. The molecule has 7 nitrogen and oxygen atoms in total. The van der Waals surface area contributed by atoms with Crippen LogP contribution in [-0.4, -0.2) is 55.6 Å². The second kappa shape index (κ2) is 6.09. The van der Waals surface area contributed by atoms with Crippen LogP contribution in [0.3, 0.4) is 0 Å². The van der Waals surface area contributed by atoms with E-state index in [0.29, 0.717) is 30.9 Å². The molecule has 1 amide bonds. The molecule has 1 aromatic rings. The van der Waals surface area contributed by atoms with Gasteiger partial charge in [-0.05, 0) is 19.1 Å². The van der Waals surface area contributed by atoms with E-state index in [1.54, 1.807) is 36.0 Å². The second-order valence-corrected chi connectivity index (χ2v) is 5.29. The van der Waals surface area contributed by atoms with Crippen molar-refractivity contribution in [3.05, 3.63) is 33.9 Å². The van der Waals surface area contributed by atoms with E-state index in [4.69, 9.17) is 4.74 Å². The maximum absolute atomic E-state index is 12.4. The summed E-state index contributed by atoms with van der Waals surface area (Å²) in [6.45, 7) is 3.40. The molecule has 0 spiro atoms. The number of carbonyl (C=O) groups is 1. The molecule has 0 bridgehead atoms. The number of carbonyl (C=O) groups excluding carboxylic acids is 1. The van der Waals surface area contributed by atoms with E-state index in [1.807, 2.05) is 6.92 Å². The standard InChI is InChI=1S/C14H19N3O4/c1-10-9-16(6-7-21-10)14(18)11-4-5-12(15(2)3)13(8-11)17(19)20/h4-5,8,10H,6-7,9H2,1-3H3/t10-/m0/s1. The lowest BCUT2D eigenvalue weighted by Crippen LogP contribution is -2.44. The molecule has 1 aliphatic heterocycles. The zero-order chi connectivity index (χ0) is 15.6. The minimum absolute atomic E-state index is 0.0151. The van der Waals surface area contributed by atoms with E-state index in [1.165, 1.54) is 6.07 Å². The van der Waals surface area contributed by atoms with Crippen molar-refractivity contribution in [2.45, 2.75) is 13.0 Å². The van der Waals surface area contributed by atoms with E-state index in [0.717, 1.165) is 0 Å². The summed E-state index contributed by atoms with van der Waals surface area (Å²) in [6, 6.07) is 4.58. The van der Waals surface area contributed by atoms with Crippen molar-refractivity contribution in [1.82, 2.24) is 4.90 Å². The predicted molar refractivity (Wildman–Crippen MR) is 78.7 cm³/mol. The molecule has 114 valence electrons. The number of anilines is 1. The van der Waals surface area contributed by atoms with E-state index < -0.39 is 4.92 Å². The highest BCUT2D eigenvalue weighted by Crippen LogP contribution is 2.28. The minimum atomic E-state index is -0.464. The van der Waals surface area contributed by atoms with Crippen LogP contribution in [0.4, 0.5) is 11.4 Å². The summed E-state index contributed by atoms with van der Waals surface area (Å²) < 4.78 is 5.40. The van der Waals surface area contributed by atoms with Crippen LogP contribution < -0.4 is 4.90 Å². The number of rotatable bonds is 3. The van der Waals surface area contributed by atoms with Gasteiger partial charge in [0.05, 0.1) is 17.6 Å². The van der Waals surface area contributed by atoms with Crippen molar-refractivity contribution >= 4 is 17.3 Å². The summed E-state index contributed by atoms with van der Waals surface area (Å²) in [5, 5.41) is 11.2. The average Bonchev–Trinajstić information content (AvgIpc) is 2.45. The van der Waals surface area contributed by atoms with Gasteiger partial charge in [-0.1, -0.05) is 0 Å². The molecule has 2 rings (SSSR count). The number of nitrogens with zero attached hydrogens (tertiary/aromatic N) is 3. The van der Waals surface area contributed by atoms with E-state index in [9.17, 15) is 14.9 Å². The van der Waals surface area contributed by atoms with E-state index >= 15 is 0 Å². The van der Waals surface area contributed by atoms with Gasteiger partial charge in [0.25, 0.3) is 11.6 Å². The van der Waals surface area contributed by atoms with Crippen molar-refractivity contribution in [1.29, 1.82) is 0 Å². The maximum Gasteiger partial charge on any atom is 0.293 e. The molecule has 21 heavy (non-hydrogen) atoms. The molecule has 1 heterocycles. The molecule has 0 unspecified atom stereocenters. The lowest BCUT2D eigenvalue weighted by Gasteiger charge is -2.31. The fraction of sp³-hybridized carbons (Fsp3) is 0.500. The zero-order valence-electron chi connectivity index (χ0n) is 12.4. The molecule has 1 aliphatic rings.